The van der Waals surface area contributed by atoms with Gasteiger partial charge >= 0.3 is 5.97 Å². The van der Waals surface area contributed by atoms with Crippen molar-refractivity contribution < 1.29 is 22.7 Å². The summed E-state index contributed by atoms with van der Waals surface area (Å²) in [5.41, 5.74) is -0.589. The fraction of sp³-hybridized carbons (Fsp3) is 0.500. The van der Waals surface area contributed by atoms with Crippen molar-refractivity contribution in [2.24, 2.45) is 11.3 Å². The molecule has 7 heteroatoms. The van der Waals surface area contributed by atoms with E-state index in [1.807, 2.05) is 27.7 Å². The lowest BCUT2D eigenvalue weighted by Crippen LogP contribution is -2.37. The average Bonchev–Trinajstić information content (AvgIpc) is 2.36. The molecule has 0 aliphatic rings. The first-order valence-electron chi connectivity index (χ1n) is 6.50. The predicted molar refractivity (Wildman–Crippen MR) is 77.2 cm³/mol. The fourth-order valence-electron chi connectivity index (χ4n) is 1.41. The number of carbonyl (C=O) groups is 1. The van der Waals surface area contributed by atoms with Gasteiger partial charge in [0.15, 0.2) is 0 Å². The van der Waals surface area contributed by atoms with Crippen molar-refractivity contribution in [2.45, 2.75) is 32.6 Å². The van der Waals surface area contributed by atoms with Crippen molar-refractivity contribution in [1.29, 1.82) is 0 Å². The first kappa shape index (κ1) is 17.6. The Balaban J connectivity index is 3.09. The Morgan fingerprint density at radius 3 is 2.43 bits per heavy atom. The van der Waals surface area contributed by atoms with Crippen molar-refractivity contribution in [3.8, 4) is 0 Å². The molecule has 1 aromatic rings. The van der Waals surface area contributed by atoms with E-state index in [0.29, 0.717) is 0 Å². The van der Waals surface area contributed by atoms with E-state index in [-0.39, 0.29) is 23.4 Å². The van der Waals surface area contributed by atoms with E-state index in [0.717, 1.165) is 18.2 Å². The molecule has 0 unspecified atom stereocenters. The molecule has 0 atom stereocenters. The summed E-state index contributed by atoms with van der Waals surface area (Å²) >= 11 is 0. The van der Waals surface area contributed by atoms with Crippen LogP contribution in [0.15, 0.2) is 23.1 Å². The minimum Gasteiger partial charge on any atom is -0.478 e. The van der Waals surface area contributed by atoms with E-state index < -0.39 is 26.7 Å². The standard InChI is InChI=1S/C14H20FNO4S/c1-9(2)14(3,4)8-16-21(19,20)12-7-10(13(17)18)5-6-11(12)15/h5-7,9,16H,8H2,1-4H3,(H,17,18). The molecular weight excluding hydrogens is 297 g/mol. The Hall–Kier alpha value is -1.47. The zero-order chi connectivity index (χ0) is 16.4. The Bertz CT molecular complexity index is 638. The van der Waals surface area contributed by atoms with Gasteiger partial charge in [-0.2, -0.15) is 0 Å². The number of hydrogen-bond donors (Lipinski definition) is 2. The summed E-state index contributed by atoms with van der Waals surface area (Å²) in [6.45, 7) is 7.83. The van der Waals surface area contributed by atoms with E-state index in [9.17, 15) is 17.6 Å². The first-order chi connectivity index (χ1) is 9.47. The minimum atomic E-state index is -4.10. The smallest absolute Gasteiger partial charge is 0.335 e. The first-order valence-corrected chi connectivity index (χ1v) is 7.98. The second kappa shape index (κ2) is 6.11. The van der Waals surface area contributed by atoms with Crippen molar-refractivity contribution in [3.05, 3.63) is 29.6 Å². The summed E-state index contributed by atoms with van der Waals surface area (Å²) in [6, 6.07) is 2.68. The van der Waals surface area contributed by atoms with Crippen LogP contribution < -0.4 is 4.72 Å². The van der Waals surface area contributed by atoms with Crippen molar-refractivity contribution in [2.75, 3.05) is 6.54 Å². The molecule has 118 valence electrons. The molecule has 0 spiro atoms. The third kappa shape index (κ3) is 4.25. The highest BCUT2D eigenvalue weighted by Crippen LogP contribution is 2.26. The summed E-state index contributed by atoms with van der Waals surface area (Å²) in [6.07, 6.45) is 0. The molecule has 1 rings (SSSR count). The molecule has 0 radical (unpaired) electrons. The number of benzene rings is 1. The quantitative estimate of drug-likeness (QED) is 0.844. The van der Waals surface area contributed by atoms with Gasteiger partial charge in [-0.25, -0.2) is 22.3 Å². The molecule has 0 aliphatic heterocycles. The van der Waals surface area contributed by atoms with Crippen LogP contribution in [0.5, 0.6) is 0 Å². The van der Waals surface area contributed by atoms with Crippen LogP contribution in [-0.2, 0) is 10.0 Å². The zero-order valence-electron chi connectivity index (χ0n) is 12.5. The summed E-state index contributed by atoms with van der Waals surface area (Å²) in [5.74, 6) is -2.07. The van der Waals surface area contributed by atoms with Gasteiger partial charge in [0.25, 0.3) is 0 Å². The Labute approximate surface area is 124 Å². The highest BCUT2D eigenvalue weighted by molar-refractivity contribution is 7.89. The molecule has 2 N–H and O–H groups in total. The van der Waals surface area contributed by atoms with Gasteiger partial charge in [-0.15, -0.1) is 0 Å². The molecule has 0 heterocycles. The van der Waals surface area contributed by atoms with Crippen LogP contribution in [-0.4, -0.2) is 26.0 Å². The fourth-order valence-corrected chi connectivity index (χ4v) is 2.73. The maximum absolute atomic E-state index is 13.7. The molecule has 0 amide bonds. The van der Waals surface area contributed by atoms with Crippen LogP contribution in [0.25, 0.3) is 0 Å². The van der Waals surface area contributed by atoms with Gasteiger partial charge in [0.2, 0.25) is 10.0 Å². The molecular formula is C14H20FNO4S. The number of sulfonamides is 1. The molecule has 5 nitrogen and oxygen atoms in total. The van der Waals surface area contributed by atoms with Crippen molar-refractivity contribution in [1.82, 2.24) is 4.72 Å². The number of aromatic carboxylic acids is 1. The average molecular weight is 317 g/mol. The summed E-state index contributed by atoms with van der Waals surface area (Å²) in [5, 5.41) is 8.86. The van der Waals surface area contributed by atoms with Gasteiger partial charge < -0.3 is 5.11 Å². The van der Waals surface area contributed by atoms with E-state index in [1.54, 1.807) is 0 Å². The number of hydrogen-bond acceptors (Lipinski definition) is 3. The molecule has 0 saturated heterocycles. The third-order valence-corrected chi connectivity index (χ3v) is 5.16. The lowest BCUT2D eigenvalue weighted by Gasteiger charge is -2.29. The zero-order valence-corrected chi connectivity index (χ0v) is 13.3. The predicted octanol–water partition coefficient (Wildman–Crippen LogP) is 2.48. The number of carboxylic acids is 1. The molecule has 0 saturated carbocycles. The maximum Gasteiger partial charge on any atom is 0.335 e. The highest BCUT2D eigenvalue weighted by Gasteiger charge is 2.27. The SMILES string of the molecule is CC(C)C(C)(C)CNS(=O)(=O)c1cc(C(=O)O)ccc1F. The Morgan fingerprint density at radius 2 is 1.95 bits per heavy atom. The van der Waals surface area contributed by atoms with Crippen LogP contribution >= 0.6 is 0 Å². The molecule has 0 fully saturated rings. The van der Waals surface area contributed by atoms with Crippen LogP contribution in [0.2, 0.25) is 0 Å². The largest absolute Gasteiger partial charge is 0.478 e. The summed E-state index contributed by atoms with van der Waals surface area (Å²) in [4.78, 5) is 10.2. The topological polar surface area (TPSA) is 83.5 Å². The second-order valence-corrected chi connectivity index (χ2v) is 7.65. The van der Waals surface area contributed by atoms with Crippen molar-refractivity contribution >= 4 is 16.0 Å². The van der Waals surface area contributed by atoms with E-state index in [1.165, 1.54) is 0 Å². The number of nitrogens with one attached hydrogen (secondary N) is 1. The summed E-state index contributed by atoms with van der Waals surface area (Å²) < 4.78 is 40.3. The van der Waals surface area contributed by atoms with E-state index >= 15 is 0 Å². The van der Waals surface area contributed by atoms with Crippen LogP contribution in [0.1, 0.15) is 38.1 Å². The lowest BCUT2D eigenvalue weighted by molar-refractivity contribution is 0.0696. The van der Waals surface area contributed by atoms with Gasteiger partial charge in [0.05, 0.1) is 5.56 Å². The monoisotopic (exact) mass is 317 g/mol. The van der Waals surface area contributed by atoms with Gasteiger partial charge in [-0.05, 0) is 29.5 Å². The van der Waals surface area contributed by atoms with Gasteiger partial charge in [-0.1, -0.05) is 27.7 Å². The normalized spacial score (nSPS) is 12.7. The van der Waals surface area contributed by atoms with Gasteiger partial charge in [0, 0.05) is 6.54 Å². The van der Waals surface area contributed by atoms with Crippen molar-refractivity contribution in [3.63, 3.8) is 0 Å². The molecule has 21 heavy (non-hydrogen) atoms. The second-order valence-electron chi connectivity index (χ2n) is 5.92. The van der Waals surface area contributed by atoms with E-state index in [2.05, 4.69) is 4.72 Å². The number of carboxylic acid groups (broad SMARTS) is 1. The van der Waals surface area contributed by atoms with E-state index in [4.69, 9.17) is 5.11 Å². The molecule has 1 aromatic carbocycles. The van der Waals surface area contributed by atoms with Crippen LogP contribution in [0, 0.1) is 17.2 Å². The number of halogens is 1. The van der Waals surface area contributed by atoms with Gasteiger partial charge in [0.1, 0.15) is 10.7 Å². The molecule has 0 aromatic heterocycles. The molecule has 0 bridgehead atoms. The minimum absolute atomic E-state index is 0.129. The third-order valence-electron chi connectivity index (χ3n) is 3.75. The number of rotatable bonds is 6. The Kier molecular flexibility index (Phi) is 5.11. The lowest BCUT2D eigenvalue weighted by atomic mass is 9.81. The molecule has 0 aliphatic carbocycles. The summed E-state index contributed by atoms with van der Waals surface area (Å²) in [7, 11) is -4.10. The van der Waals surface area contributed by atoms with Gasteiger partial charge in [-0.3, -0.25) is 0 Å². The Morgan fingerprint density at radius 1 is 1.38 bits per heavy atom. The van der Waals surface area contributed by atoms with Crippen LogP contribution in [0.3, 0.4) is 0 Å². The highest BCUT2D eigenvalue weighted by atomic mass is 32.2. The maximum atomic E-state index is 13.7. The van der Waals surface area contributed by atoms with Crippen LogP contribution in [0.4, 0.5) is 4.39 Å².